The average molecular weight is 324 g/mol. The van der Waals surface area contributed by atoms with Crippen molar-refractivity contribution in [2.75, 3.05) is 13.1 Å². The largest absolute Gasteiger partial charge is 0.457 e. The molecule has 0 bridgehead atoms. The van der Waals surface area contributed by atoms with Crippen LogP contribution in [0.15, 0.2) is 12.1 Å². The lowest BCUT2D eigenvalue weighted by atomic mass is 9.32. The minimum atomic E-state index is -0.328. The second-order valence-corrected chi connectivity index (χ2v) is 7.82. The molecule has 0 amide bonds. The summed E-state index contributed by atoms with van der Waals surface area (Å²) in [7, 11) is 0. The second kappa shape index (κ2) is 6.25. The fourth-order valence-electron chi connectivity index (χ4n) is 4.15. The Morgan fingerprint density at radius 3 is 2.46 bits per heavy atom. The van der Waals surface area contributed by atoms with E-state index in [2.05, 4.69) is 36.8 Å². The predicted octanol–water partition coefficient (Wildman–Crippen LogP) is 3.10. The van der Waals surface area contributed by atoms with E-state index in [1.807, 2.05) is 6.92 Å². The Bertz CT molecular complexity index is 675. The van der Waals surface area contributed by atoms with E-state index in [0.717, 1.165) is 32.3 Å². The van der Waals surface area contributed by atoms with Gasteiger partial charge >= 0.3 is 5.97 Å². The van der Waals surface area contributed by atoms with Gasteiger partial charge in [-0.25, -0.2) is 5.26 Å². The smallest absolute Gasteiger partial charge is 0.303 e. The zero-order valence-corrected chi connectivity index (χ0v) is 15.1. The van der Waals surface area contributed by atoms with E-state index in [0.29, 0.717) is 5.92 Å². The molecule has 2 heterocycles. The highest BCUT2D eigenvalue weighted by Crippen LogP contribution is 2.39. The molecule has 0 aromatic heterocycles. The van der Waals surface area contributed by atoms with Crippen molar-refractivity contribution in [3.05, 3.63) is 34.4 Å². The minimum Gasteiger partial charge on any atom is -0.457 e. The summed E-state index contributed by atoms with van der Waals surface area (Å²) < 4.78 is 5.39. The molecule has 2 aliphatic rings. The lowest BCUT2D eigenvalue weighted by Gasteiger charge is -2.47. The number of hydrogen-bond donors (Lipinski definition) is 0. The van der Waals surface area contributed by atoms with Gasteiger partial charge in [-0.2, -0.15) is 0 Å². The quantitative estimate of drug-likeness (QED) is 0.631. The summed E-state index contributed by atoms with van der Waals surface area (Å²) >= 11 is 0. The molecule has 126 valence electrons. The molecule has 2 aliphatic heterocycles. The molecular formula is C19H25BN2O2. The van der Waals surface area contributed by atoms with Crippen LogP contribution in [-0.4, -0.2) is 36.3 Å². The van der Waals surface area contributed by atoms with Gasteiger partial charge in [-0.1, -0.05) is 24.8 Å². The SMILES string of the molecule is CC(=O)OC1(C)CN(Cc2c(C)cc(C3CB(C#N)C3)cc2C)C1. The van der Waals surface area contributed by atoms with Crippen LogP contribution in [0.4, 0.5) is 0 Å². The van der Waals surface area contributed by atoms with Crippen molar-refractivity contribution in [1.29, 1.82) is 5.26 Å². The Morgan fingerprint density at radius 1 is 1.38 bits per heavy atom. The lowest BCUT2D eigenvalue weighted by Crippen LogP contribution is -2.61. The second-order valence-electron chi connectivity index (χ2n) is 7.82. The Morgan fingerprint density at radius 2 is 1.96 bits per heavy atom. The van der Waals surface area contributed by atoms with Crippen molar-refractivity contribution in [2.45, 2.75) is 58.4 Å². The van der Waals surface area contributed by atoms with Gasteiger partial charge in [-0.05, 0) is 48.9 Å². The summed E-state index contributed by atoms with van der Waals surface area (Å²) in [6.07, 6.45) is 2.00. The maximum atomic E-state index is 11.1. The number of aryl methyl sites for hydroxylation is 2. The van der Waals surface area contributed by atoms with Crippen molar-refractivity contribution in [2.24, 2.45) is 0 Å². The van der Waals surface area contributed by atoms with Crippen LogP contribution in [0.1, 0.15) is 42.0 Å². The lowest BCUT2D eigenvalue weighted by molar-refractivity contribution is -0.174. The van der Waals surface area contributed by atoms with Crippen LogP contribution in [0.5, 0.6) is 0 Å². The number of hydrogen-bond acceptors (Lipinski definition) is 4. The van der Waals surface area contributed by atoms with Crippen LogP contribution in [0, 0.1) is 25.1 Å². The van der Waals surface area contributed by atoms with Gasteiger partial charge in [-0.3, -0.25) is 9.69 Å². The van der Waals surface area contributed by atoms with Crippen molar-refractivity contribution in [3.63, 3.8) is 0 Å². The van der Waals surface area contributed by atoms with E-state index in [1.165, 1.54) is 29.2 Å². The number of nitriles is 1. The highest BCUT2D eigenvalue weighted by molar-refractivity contribution is 6.70. The molecule has 3 rings (SSSR count). The van der Waals surface area contributed by atoms with Gasteiger partial charge in [0, 0.05) is 32.5 Å². The molecule has 2 saturated heterocycles. The van der Waals surface area contributed by atoms with Crippen LogP contribution in [0.25, 0.3) is 0 Å². The average Bonchev–Trinajstić information content (AvgIpc) is 2.38. The Hall–Kier alpha value is -1.80. The van der Waals surface area contributed by atoms with Crippen LogP contribution in [0.3, 0.4) is 0 Å². The zero-order valence-electron chi connectivity index (χ0n) is 15.1. The third-order valence-corrected chi connectivity index (χ3v) is 5.40. The van der Waals surface area contributed by atoms with Gasteiger partial charge in [0.2, 0.25) is 0 Å². The first-order chi connectivity index (χ1) is 11.3. The standard InChI is InChI=1S/C19H25BN2O2/c1-13-5-16(17-7-20(8-17)12-21)6-14(2)18(13)9-22-10-19(4,11-22)24-15(3)23/h5-6,17H,7-11H2,1-4H3. The number of ether oxygens (including phenoxy) is 1. The summed E-state index contributed by atoms with van der Waals surface area (Å²) in [5.74, 6) is 2.71. The summed E-state index contributed by atoms with van der Waals surface area (Å²) in [5.41, 5.74) is 5.08. The number of benzene rings is 1. The predicted molar refractivity (Wildman–Crippen MR) is 95.1 cm³/mol. The van der Waals surface area contributed by atoms with Crippen molar-refractivity contribution in [1.82, 2.24) is 4.90 Å². The van der Waals surface area contributed by atoms with E-state index in [1.54, 1.807) is 0 Å². The molecule has 0 unspecified atom stereocenters. The van der Waals surface area contributed by atoms with Crippen molar-refractivity contribution >= 4 is 12.7 Å². The first-order valence-corrected chi connectivity index (χ1v) is 8.71. The van der Waals surface area contributed by atoms with Gasteiger partial charge in [-0.15, -0.1) is 0 Å². The van der Waals surface area contributed by atoms with Crippen LogP contribution >= 0.6 is 0 Å². The molecular weight excluding hydrogens is 299 g/mol. The van der Waals surface area contributed by atoms with Crippen molar-refractivity contribution < 1.29 is 9.53 Å². The topological polar surface area (TPSA) is 53.3 Å². The number of carbonyl (C=O) groups is 1. The fraction of sp³-hybridized carbons (Fsp3) is 0.579. The first kappa shape index (κ1) is 17.0. The van der Waals surface area contributed by atoms with Gasteiger partial charge in [0.25, 0.3) is 6.71 Å². The van der Waals surface area contributed by atoms with Crippen molar-refractivity contribution in [3.8, 4) is 5.97 Å². The molecule has 0 N–H and O–H groups in total. The molecule has 24 heavy (non-hydrogen) atoms. The van der Waals surface area contributed by atoms with Crippen LogP contribution < -0.4 is 0 Å². The maximum Gasteiger partial charge on any atom is 0.303 e. The van der Waals surface area contributed by atoms with Gasteiger partial charge in [0.15, 0.2) is 0 Å². The third-order valence-electron chi connectivity index (χ3n) is 5.40. The van der Waals surface area contributed by atoms with Gasteiger partial charge in [0.05, 0.1) is 0 Å². The van der Waals surface area contributed by atoms with E-state index < -0.39 is 0 Å². The molecule has 4 nitrogen and oxygen atoms in total. The number of likely N-dealkylation sites (tertiary alicyclic amines) is 1. The summed E-state index contributed by atoms with van der Waals surface area (Å²) in [6.45, 7) is 10.6. The molecule has 0 aliphatic carbocycles. The molecule has 5 heteroatoms. The Balaban J connectivity index is 1.63. The van der Waals surface area contributed by atoms with E-state index >= 15 is 0 Å². The number of carbonyl (C=O) groups excluding carboxylic acids is 1. The Labute approximate surface area is 144 Å². The molecule has 1 aromatic rings. The highest BCUT2D eigenvalue weighted by Gasteiger charge is 2.41. The third kappa shape index (κ3) is 3.34. The number of nitrogens with zero attached hydrogens (tertiary/aromatic N) is 2. The first-order valence-electron chi connectivity index (χ1n) is 8.71. The fourth-order valence-corrected chi connectivity index (χ4v) is 4.15. The summed E-state index contributed by atoms with van der Waals surface area (Å²) in [4.78, 5) is 13.5. The maximum absolute atomic E-state index is 11.1. The van der Waals surface area contributed by atoms with E-state index in [4.69, 9.17) is 10.00 Å². The number of rotatable bonds is 4. The van der Waals surface area contributed by atoms with Crippen LogP contribution in [-0.2, 0) is 16.1 Å². The summed E-state index contributed by atoms with van der Waals surface area (Å²) in [5, 5.41) is 8.95. The molecule has 0 spiro atoms. The molecule has 2 fully saturated rings. The summed E-state index contributed by atoms with van der Waals surface area (Å²) in [6, 6.07) is 4.59. The normalized spacial score (nSPS) is 20.0. The van der Waals surface area contributed by atoms with Gasteiger partial charge in [0.1, 0.15) is 5.60 Å². The monoisotopic (exact) mass is 324 g/mol. The highest BCUT2D eigenvalue weighted by atomic mass is 16.6. The van der Waals surface area contributed by atoms with Gasteiger partial charge < -0.3 is 4.74 Å². The molecule has 1 aromatic carbocycles. The molecule has 0 saturated carbocycles. The molecule has 0 atom stereocenters. The zero-order chi connectivity index (χ0) is 17.5. The van der Waals surface area contributed by atoms with E-state index in [-0.39, 0.29) is 18.3 Å². The Kier molecular flexibility index (Phi) is 4.44. The van der Waals surface area contributed by atoms with Crippen LogP contribution in [0.2, 0.25) is 12.6 Å². The van der Waals surface area contributed by atoms with E-state index in [9.17, 15) is 4.79 Å². The number of esters is 1. The molecule has 0 radical (unpaired) electrons. The minimum absolute atomic E-state index is 0.204.